The van der Waals surface area contributed by atoms with Gasteiger partial charge in [-0.3, -0.25) is 9.10 Å². The van der Waals surface area contributed by atoms with Gasteiger partial charge in [0.05, 0.1) is 10.6 Å². The van der Waals surface area contributed by atoms with E-state index in [0.29, 0.717) is 22.9 Å². The molecule has 5 nitrogen and oxygen atoms in total. The Morgan fingerprint density at radius 1 is 0.967 bits per heavy atom. The minimum atomic E-state index is -3.91. The monoisotopic (exact) mass is 446 g/mol. The van der Waals surface area contributed by atoms with E-state index in [4.69, 9.17) is 11.6 Å². The molecule has 0 spiro atoms. The first kappa shape index (κ1) is 21.8. The minimum Gasteiger partial charge on any atom is -0.309 e. The highest BCUT2D eigenvalue weighted by Gasteiger charge is 2.24. The third-order valence-corrected chi connectivity index (χ3v) is 6.63. The smallest absolute Gasteiger partial charge is 0.264 e. The maximum Gasteiger partial charge on any atom is 0.264 e. The van der Waals surface area contributed by atoms with Crippen LogP contribution in [-0.2, 0) is 10.0 Å². The summed E-state index contributed by atoms with van der Waals surface area (Å²) in [7, 11) is -2.49. The summed E-state index contributed by atoms with van der Waals surface area (Å²) in [4.78, 5) is 14.5. The average Bonchev–Trinajstić information content (AvgIpc) is 2.75. The Morgan fingerprint density at radius 2 is 1.63 bits per heavy atom. The normalized spacial score (nSPS) is 11.2. The second kappa shape index (κ2) is 8.85. The lowest BCUT2D eigenvalue weighted by molar-refractivity contribution is 0.0988. The summed E-state index contributed by atoms with van der Waals surface area (Å²) in [6.07, 6.45) is 0. The third-order valence-electron chi connectivity index (χ3n) is 4.61. The standard InChI is InChI=1S/C22H20ClFN2O3S/c1-3-26(19-12-10-18(24)11-13-19)22(27)16-6-4-9-21(14-16)30(28,29)25(2)20-8-5-7-17(23)15-20/h4-15H,3H2,1-2H3. The second-order valence-electron chi connectivity index (χ2n) is 6.51. The van der Waals surface area contributed by atoms with Gasteiger partial charge in [-0.1, -0.05) is 23.7 Å². The topological polar surface area (TPSA) is 57.7 Å². The molecular weight excluding hydrogens is 427 g/mol. The first-order valence-electron chi connectivity index (χ1n) is 9.16. The van der Waals surface area contributed by atoms with Gasteiger partial charge in [0.15, 0.2) is 0 Å². The van der Waals surface area contributed by atoms with Crippen LogP contribution in [-0.4, -0.2) is 27.9 Å². The van der Waals surface area contributed by atoms with Gasteiger partial charge in [-0.2, -0.15) is 0 Å². The first-order chi connectivity index (χ1) is 14.2. The van der Waals surface area contributed by atoms with E-state index in [2.05, 4.69) is 0 Å². The van der Waals surface area contributed by atoms with Crippen molar-refractivity contribution in [3.05, 3.63) is 89.2 Å². The van der Waals surface area contributed by atoms with Crippen LogP contribution in [0.5, 0.6) is 0 Å². The van der Waals surface area contributed by atoms with Crippen molar-refractivity contribution in [1.29, 1.82) is 0 Å². The largest absolute Gasteiger partial charge is 0.309 e. The number of nitrogens with zero attached hydrogens (tertiary/aromatic N) is 2. The van der Waals surface area contributed by atoms with E-state index in [0.717, 1.165) is 4.31 Å². The molecule has 0 unspecified atom stereocenters. The fraction of sp³-hybridized carbons (Fsp3) is 0.136. The van der Waals surface area contributed by atoms with Crippen LogP contribution in [0.1, 0.15) is 17.3 Å². The number of amides is 1. The molecular formula is C22H20ClFN2O3S. The Bertz CT molecular complexity index is 1170. The van der Waals surface area contributed by atoms with E-state index in [1.54, 1.807) is 37.3 Å². The molecule has 156 valence electrons. The summed E-state index contributed by atoms with van der Waals surface area (Å²) < 4.78 is 40.5. The van der Waals surface area contributed by atoms with E-state index >= 15 is 0 Å². The van der Waals surface area contributed by atoms with Gasteiger partial charge >= 0.3 is 0 Å². The molecule has 0 radical (unpaired) electrons. The number of hydrogen-bond donors (Lipinski definition) is 0. The zero-order valence-corrected chi connectivity index (χ0v) is 18.0. The molecule has 0 aliphatic carbocycles. The van der Waals surface area contributed by atoms with Gasteiger partial charge < -0.3 is 4.90 Å². The lowest BCUT2D eigenvalue weighted by atomic mass is 10.2. The average molecular weight is 447 g/mol. The van der Waals surface area contributed by atoms with E-state index in [9.17, 15) is 17.6 Å². The van der Waals surface area contributed by atoms with Crippen molar-refractivity contribution in [1.82, 2.24) is 0 Å². The molecule has 0 heterocycles. The number of carbonyl (C=O) groups is 1. The molecule has 8 heteroatoms. The highest BCUT2D eigenvalue weighted by Crippen LogP contribution is 2.26. The summed E-state index contributed by atoms with van der Waals surface area (Å²) in [6.45, 7) is 2.12. The third kappa shape index (κ3) is 4.47. The first-order valence-corrected chi connectivity index (χ1v) is 11.0. The zero-order chi connectivity index (χ0) is 21.9. The van der Waals surface area contributed by atoms with Crippen LogP contribution >= 0.6 is 11.6 Å². The quantitative estimate of drug-likeness (QED) is 0.537. The maximum atomic E-state index is 13.2. The van der Waals surface area contributed by atoms with Crippen LogP contribution in [0, 0.1) is 5.82 Å². The van der Waals surface area contributed by atoms with Crippen molar-refractivity contribution in [2.75, 3.05) is 22.8 Å². The number of hydrogen-bond acceptors (Lipinski definition) is 3. The molecule has 0 fully saturated rings. The van der Waals surface area contributed by atoms with Gasteiger partial charge in [0, 0.05) is 29.9 Å². The van der Waals surface area contributed by atoms with Gasteiger partial charge in [0.2, 0.25) is 0 Å². The fourth-order valence-electron chi connectivity index (χ4n) is 2.98. The Kier molecular flexibility index (Phi) is 6.43. The molecule has 3 aromatic carbocycles. The number of benzene rings is 3. The van der Waals surface area contributed by atoms with Crippen molar-refractivity contribution in [3.63, 3.8) is 0 Å². The molecule has 30 heavy (non-hydrogen) atoms. The van der Waals surface area contributed by atoms with Crippen molar-refractivity contribution in [2.45, 2.75) is 11.8 Å². The van der Waals surface area contributed by atoms with Crippen molar-refractivity contribution in [3.8, 4) is 0 Å². The second-order valence-corrected chi connectivity index (χ2v) is 8.91. The number of anilines is 2. The molecule has 0 bridgehead atoms. The van der Waals surface area contributed by atoms with Crippen LogP contribution < -0.4 is 9.21 Å². The van der Waals surface area contributed by atoms with Gasteiger partial charge in [-0.05, 0) is 67.6 Å². The number of rotatable bonds is 6. The summed E-state index contributed by atoms with van der Waals surface area (Å²) in [5.41, 5.74) is 1.13. The molecule has 0 aliphatic heterocycles. The Hall–Kier alpha value is -2.90. The zero-order valence-electron chi connectivity index (χ0n) is 16.4. The summed E-state index contributed by atoms with van der Waals surface area (Å²) in [6, 6.07) is 17.9. The number of sulfonamides is 1. The molecule has 3 aromatic rings. The van der Waals surface area contributed by atoms with E-state index < -0.39 is 15.8 Å². The van der Waals surface area contributed by atoms with Crippen molar-refractivity contribution in [2.24, 2.45) is 0 Å². The molecule has 0 saturated carbocycles. The maximum absolute atomic E-state index is 13.2. The lowest BCUT2D eigenvalue weighted by Gasteiger charge is -2.22. The molecule has 0 N–H and O–H groups in total. The Morgan fingerprint density at radius 3 is 2.27 bits per heavy atom. The van der Waals surface area contributed by atoms with Gasteiger partial charge in [-0.25, -0.2) is 12.8 Å². The molecule has 3 rings (SSSR count). The van der Waals surface area contributed by atoms with E-state index in [1.165, 1.54) is 54.4 Å². The predicted molar refractivity (Wildman–Crippen MR) is 117 cm³/mol. The molecule has 0 atom stereocenters. The van der Waals surface area contributed by atoms with Gasteiger partial charge in [0.25, 0.3) is 15.9 Å². The summed E-state index contributed by atoms with van der Waals surface area (Å²) >= 11 is 5.98. The SMILES string of the molecule is CCN(C(=O)c1cccc(S(=O)(=O)N(C)c2cccc(Cl)c2)c1)c1ccc(F)cc1. The fourth-order valence-corrected chi connectivity index (χ4v) is 4.40. The molecule has 0 aliphatic rings. The van der Waals surface area contributed by atoms with E-state index in [-0.39, 0.29) is 16.4 Å². The molecule has 0 aromatic heterocycles. The van der Waals surface area contributed by atoms with Crippen LogP contribution in [0.2, 0.25) is 5.02 Å². The van der Waals surface area contributed by atoms with Crippen molar-refractivity contribution >= 4 is 38.9 Å². The predicted octanol–water partition coefficient (Wildman–Crippen LogP) is 4.97. The Labute approximate surface area is 180 Å². The highest BCUT2D eigenvalue weighted by molar-refractivity contribution is 7.92. The summed E-state index contributed by atoms with van der Waals surface area (Å²) in [5, 5.41) is 0.413. The van der Waals surface area contributed by atoms with Crippen LogP contribution in [0.3, 0.4) is 0 Å². The number of halogens is 2. The lowest BCUT2D eigenvalue weighted by Crippen LogP contribution is -2.31. The minimum absolute atomic E-state index is 0.0222. The molecule has 1 amide bonds. The Balaban J connectivity index is 1.94. The van der Waals surface area contributed by atoms with Crippen LogP contribution in [0.15, 0.2) is 77.7 Å². The van der Waals surface area contributed by atoms with Gasteiger partial charge in [-0.15, -0.1) is 0 Å². The molecule has 0 saturated heterocycles. The highest BCUT2D eigenvalue weighted by atomic mass is 35.5. The van der Waals surface area contributed by atoms with Crippen LogP contribution in [0.25, 0.3) is 0 Å². The van der Waals surface area contributed by atoms with Gasteiger partial charge in [0.1, 0.15) is 5.82 Å². The van der Waals surface area contributed by atoms with Crippen molar-refractivity contribution < 1.29 is 17.6 Å². The summed E-state index contributed by atoms with van der Waals surface area (Å²) in [5.74, 6) is -0.786. The van der Waals surface area contributed by atoms with Crippen LogP contribution in [0.4, 0.5) is 15.8 Å². The number of carbonyl (C=O) groups excluding carboxylic acids is 1. The van der Waals surface area contributed by atoms with E-state index in [1.807, 2.05) is 0 Å².